The number of rotatable bonds is 10. The van der Waals surface area contributed by atoms with Gasteiger partial charge >= 0.3 is 5.97 Å². The summed E-state index contributed by atoms with van der Waals surface area (Å²) in [6.45, 7) is 6.03. The maximum Gasteiger partial charge on any atom is 0.319 e. The number of amides is 1. The van der Waals surface area contributed by atoms with Crippen LogP contribution in [0.5, 0.6) is 0 Å². The fourth-order valence-corrected chi connectivity index (χ4v) is 5.08. The molecule has 0 aliphatic rings. The quantitative estimate of drug-likeness (QED) is 0.232. The van der Waals surface area contributed by atoms with Crippen LogP contribution in [-0.4, -0.2) is 45.0 Å². The van der Waals surface area contributed by atoms with Crippen LogP contribution < -0.4 is 5.32 Å². The van der Waals surface area contributed by atoms with Gasteiger partial charge in [-0.1, -0.05) is 60.7 Å². The van der Waals surface area contributed by atoms with Crippen LogP contribution in [-0.2, 0) is 16.1 Å². The zero-order chi connectivity index (χ0) is 27.3. The highest BCUT2D eigenvalue weighted by molar-refractivity contribution is 8.01. The number of aliphatic carboxylic acids is 1. The number of benzene rings is 3. The average Bonchev–Trinajstić information content (AvgIpc) is 3.24. The molecule has 0 unspecified atom stereocenters. The van der Waals surface area contributed by atoms with Gasteiger partial charge in [0.15, 0.2) is 0 Å². The Morgan fingerprint density at radius 3 is 2.29 bits per heavy atom. The predicted octanol–water partition coefficient (Wildman–Crippen LogP) is 6.38. The minimum absolute atomic E-state index is 0.254. The van der Waals surface area contributed by atoms with Gasteiger partial charge in [0.25, 0.3) is 5.91 Å². The van der Waals surface area contributed by atoms with Gasteiger partial charge in [0, 0.05) is 35.4 Å². The fraction of sp³-hybridized carbons (Fsp3) is 0.233. The molecule has 1 heterocycles. The summed E-state index contributed by atoms with van der Waals surface area (Å²) in [7, 11) is 1.62. The SMILES string of the molecule is COCCn1c(-c2ccc(SC(C)(C)C(=O)O)cc2)nc(C)c1C(=O)Nc1ccccc1-c1ccccc1. The van der Waals surface area contributed by atoms with Crippen LogP contribution in [0.2, 0.25) is 0 Å². The van der Waals surface area contributed by atoms with Gasteiger partial charge in [-0.05, 0) is 44.5 Å². The summed E-state index contributed by atoms with van der Waals surface area (Å²) < 4.78 is 6.26. The lowest BCUT2D eigenvalue weighted by Gasteiger charge is -2.18. The van der Waals surface area contributed by atoms with Crippen LogP contribution in [0, 0.1) is 6.92 Å². The smallest absolute Gasteiger partial charge is 0.319 e. The molecule has 4 rings (SSSR count). The molecule has 0 radical (unpaired) electrons. The van der Waals surface area contributed by atoms with Crippen molar-refractivity contribution < 1.29 is 19.4 Å². The summed E-state index contributed by atoms with van der Waals surface area (Å²) >= 11 is 1.28. The molecule has 3 aromatic carbocycles. The number of carboxylic acids is 1. The van der Waals surface area contributed by atoms with E-state index >= 15 is 0 Å². The molecule has 0 aliphatic carbocycles. The average molecular weight is 530 g/mol. The van der Waals surface area contributed by atoms with Gasteiger partial charge in [-0.2, -0.15) is 0 Å². The lowest BCUT2D eigenvalue weighted by Crippen LogP contribution is -2.26. The second-order valence-electron chi connectivity index (χ2n) is 9.32. The van der Waals surface area contributed by atoms with E-state index in [0.29, 0.717) is 36.1 Å². The lowest BCUT2D eigenvalue weighted by atomic mass is 10.0. The van der Waals surface area contributed by atoms with Crippen molar-refractivity contribution in [2.24, 2.45) is 0 Å². The molecule has 0 bridgehead atoms. The summed E-state index contributed by atoms with van der Waals surface area (Å²) in [5.41, 5.74) is 4.55. The van der Waals surface area contributed by atoms with E-state index in [4.69, 9.17) is 9.72 Å². The molecule has 0 saturated heterocycles. The maximum absolute atomic E-state index is 13.7. The van der Waals surface area contributed by atoms with Crippen LogP contribution >= 0.6 is 11.8 Å². The van der Waals surface area contributed by atoms with E-state index in [9.17, 15) is 14.7 Å². The van der Waals surface area contributed by atoms with Crippen molar-refractivity contribution in [3.05, 3.63) is 90.3 Å². The first-order chi connectivity index (χ1) is 18.2. The molecule has 196 valence electrons. The first-order valence-corrected chi connectivity index (χ1v) is 13.1. The third-order valence-electron chi connectivity index (χ3n) is 6.14. The van der Waals surface area contributed by atoms with E-state index in [2.05, 4.69) is 5.32 Å². The number of aromatic nitrogens is 2. The first kappa shape index (κ1) is 27.2. The molecule has 8 heteroatoms. The Labute approximate surface area is 226 Å². The number of ether oxygens (including phenoxy) is 1. The molecular formula is C30H31N3O4S. The molecule has 38 heavy (non-hydrogen) atoms. The van der Waals surface area contributed by atoms with Gasteiger partial charge in [0.05, 0.1) is 12.3 Å². The number of carbonyl (C=O) groups excluding carboxylic acids is 1. The minimum Gasteiger partial charge on any atom is -0.480 e. The molecule has 0 fully saturated rings. The molecule has 1 aromatic heterocycles. The van der Waals surface area contributed by atoms with Crippen molar-refractivity contribution in [1.29, 1.82) is 0 Å². The number of nitrogens with zero attached hydrogens (tertiary/aromatic N) is 2. The molecule has 0 saturated carbocycles. The van der Waals surface area contributed by atoms with E-state index in [0.717, 1.165) is 21.6 Å². The van der Waals surface area contributed by atoms with Gasteiger partial charge in [0.2, 0.25) is 0 Å². The van der Waals surface area contributed by atoms with Crippen molar-refractivity contribution in [2.75, 3.05) is 19.0 Å². The summed E-state index contributed by atoms with van der Waals surface area (Å²) in [4.78, 5) is 30.8. The second-order valence-corrected chi connectivity index (χ2v) is 11.0. The minimum atomic E-state index is -0.948. The van der Waals surface area contributed by atoms with Crippen LogP contribution in [0.3, 0.4) is 0 Å². The van der Waals surface area contributed by atoms with E-state index in [1.807, 2.05) is 90.4 Å². The van der Waals surface area contributed by atoms with Gasteiger partial charge in [-0.15, -0.1) is 11.8 Å². The van der Waals surface area contributed by atoms with Crippen molar-refractivity contribution in [1.82, 2.24) is 9.55 Å². The number of methoxy groups -OCH3 is 1. The monoisotopic (exact) mass is 529 g/mol. The lowest BCUT2D eigenvalue weighted by molar-refractivity contribution is -0.138. The zero-order valence-corrected chi connectivity index (χ0v) is 22.7. The number of carboxylic acid groups (broad SMARTS) is 1. The third-order valence-corrected chi connectivity index (χ3v) is 7.33. The number of carbonyl (C=O) groups is 2. The Balaban J connectivity index is 1.67. The van der Waals surface area contributed by atoms with Crippen molar-refractivity contribution in [2.45, 2.75) is 37.0 Å². The second kappa shape index (κ2) is 11.7. The number of imidazole rings is 1. The van der Waals surface area contributed by atoms with E-state index in [1.165, 1.54) is 11.8 Å². The Bertz CT molecular complexity index is 1430. The molecule has 7 nitrogen and oxygen atoms in total. The molecule has 2 N–H and O–H groups in total. The Hall–Kier alpha value is -3.88. The van der Waals surface area contributed by atoms with Crippen LogP contribution in [0.1, 0.15) is 30.0 Å². The van der Waals surface area contributed by atoms with Crippen molar-refractivity contribution >= 4 is 29.3 Å². The van der Waals surface area contributed by atoms with E-state index < -0.39 is 10.7 Å². The number of hydrogen-bond acceptors (Lipinski definition) is 5. The molecular weight excluding hydrogens is 498 g/mol. The normalized spacial score (nSPS) is 11.4. The first-order valence-electron chi connectivity index (χ1n) is 12.3. The number of para-hydroxylation sites is 1. The number of nitrogens with one attached hydrogen (secondary N) is 1. The van der Waals surface area contributed by atoms with Crippen molar-refractivity contribution in [3.63, 3.8) is 0 Å². The molecule has 0 spiro atoms. The third kappa shape index (κ3) is 5.98. The van der Waals surface area contributed by atoms with Gasteiger partial charge in [-0.3, -0.25) is 9.59 Å². The van der Waals surface area contributed by atoms with Gasteiger partial charge in [-0.25, -0.2) is 4.98 Å². The van der Waals surface area contributed by atoms with Gasteiger partial charge < -0.3 is 19.7 Å². The van der Waals surface area contributed by atoms with Crippen LogP contribution in [0.25, 0.3) is 22.5 Å². The highest BCUT2D eigenvalue weighted by atomic mass is 32.2. The molecule has 4 aromatic rings. The van der Waals surface area contributed by atoms with E-state index in [1.54, 1.807) is 21.0 Å². The number of hydrogen-bond donors (Lipinski definition) is 2. The summed E-state index contributed by atoms with van der Waals surface area (Å²) in [5.74, 6) is -0.479. The van der Waals surface area contributed by atoms with Crippen LogP contribution in [0.15, 0.2) is 83.8 Å². The zero-order valence-electron chi connectivity index (χ0n) is 21.9. The summed E-state index contributed by atoms with van der Waals surface area (Å²) in [6, 6.07) is 25.2. The standard InChI is InChI=1S/C30H31N3O4S/c1-20-26(28(34)32-25-13-9-8-12-24(25)21-10-6-5-7-11-21)33(18-19-37-4)27(31-20)22-14-16-23(17-15-22)38-30(2,3)29(35)36/h5-17H,18-19H2,1-4H3,(H,32,34)(H,35,36). The van der Waals surface area contributed by atoms with Crippen LogP contribution in [0.4, 0.5) is 5.69 Å². The summed E-state index contributed by atoms with van der Waals surface area (Å²) in [5, 5.41) is 12.5. The maximum atomic E-state index is 13.7. The van der Waals surface area contributed by atoms with Crippen molar-refractivity contribution in [3.8, 4) is 22.5 Å². The molecule has 1 amide bonds. The largest absolute Gasteiger partial charge is 0.480 e. The van der Waals surface area contributed by atoms with E-state index in [-0.39, 0.29) is 5.91 Å². The Morgan fingerprint density at radius 2 is 1.63 bits per heavy atom. The number of anilines is 1. The Kier molecular flexibility index (Phi) is 8.34. The predicted molar refractivity (Wildman–Crippen MR) is 152 cm³/mol. The highest BCUT2D eigenvalue weighted by Gasteiger charge is 2.28. The Morgan fingerprint density at radius 1 is 0.974 bits per heavy atom. The summed E-state index contributed by atoms with van der Waals surface area (Å²) in [6.07, 6.45) is 0. The number of thioether (sulfide) groups is 1. The van der Waals surface area contributed by atoms with Gasteiger partial charge in [0.1, 0.15) is 16.3 Å². The fourth-order valence-electron chi connectivity index (χ4n) is 4.13. The highest BCUT2D eigenvalue weighted by Crippen LogP contribution is 2.34. The number of aryl methyl sites for hydroxylation is 1. The molecule has 0 aliphatic heterocycles. The topological polar surface area (TPSA) is 93.4 Å². The molecule has 0 atom stereocenters.